The van der Waals surface area contributed by atoms with Crippen molar-refractivity contribution >= 4 is 65.4 Å². The largest absolute Gasteiger partial charge is 0.304 e. The van der Waals surface area contributed by atoms with E-state index in [1.54, 1.807) is 298 Å². The van der Waals surface area contributed by atoms with Crippen molar-refractivity contribution in [3.05, 3.63) is 404 Å². The summed E-state index contributed by atoms with van der Waals surface area (Å²) < 4.78 is 196. The van der Waals surface area contributed by atoms with Gasteiger partial charge in [0, 0.05) is 68.2 Å². The monoisotopic (exact) mass is 1640 g/mol. The third-order valence-electron chi connectivity index (χ3n) is 21.2. The van der Waals surface area contributed by atoms with E-state index in [0.29, 0.717) is 111 Å². The fourth-order valence-electron chi connectivity index (χ4n) is 15.7. The smallest absolute Gasteiger partial charge is 0.186 e. The van der Waals surface area contributed by atoms with Gasteiger partial charge < -0.3 is 13.7 Å². The van der Waals surface area contributed by atoms with Crippen LogP contribution >= 0.6 is 0 Å². The normalized spacial score (nSPS) is 11.4. The third-order valence-corrected chi connectivity index (χ3v) is 21.2. The summed E-state index contributed by atoms with van der Waals surface area (Å²) in [6, 6.07) is 86.7. The number of nitrogens with zero attached hydrogens (tertiary/aromatic N) is 11. The second-order valence-corrected chi connectivity index (χ2v) is 28.4. The Balaban J connectivity index is 0.000000121. The van der Waals surface area contributed by atoms with Gasteiger partial charge in [0.1, 0.15) is 17.1 Å². The predicted octanol–water partition coefficient (Wildman–Crippen LogP) is 26.2. The van der Waals surface area contributed by atoms with Crippen molar-refractivity contribution in [2.45, 2.75) is 0 Å². The van der Waals surface area contributed by atoms with Gasteiger partial charge in [-0.05, 0) is 126 Å². The molecule has 0 radical (unpaired) electrons. The summed E-state index contributed by atoms with van der Waals surface area (Å²) in [5.41, 5.74) is 1.21. The summed E-state index contributed by atoms with van der Waals surface area (Å²) in [6.07, 6.45) is 6.20. The number of para-hydroxylation sites is 6. The Bertz CT molecular complexity index is 6570. The summed E-state index contributed by atoms with van der Waals surface area (Å²) >= 11 is 0. The molecule has 0 bridgehead atoms. The lowest BCUT2D eigenvalue weighted by Gasteiger charge is -2.16. The zero-order chi connectivity index (χ0) is 84.3. The molecule has 123 heavy (non-hydrogen) atoms. The molecule has 0 spiro atoms. The van der Waals surface area contributed by atoms with Gasteiger partial charge in [0.15, 0.2) is 75.6 Å². The molecule has 21 aromatic rings. The fourth-order valence-corrected chi connectivity index (χ4v) is 15.7. The first-order valence-electron chi connectivity index (χ1n) is 38.3. The Morgan fingerprint density at radius 2 is 0.407 bits per heavy atom. The predicted molar refractivity (Wildman–Crippen MR) is 453 cm³/mol. The molecule has 11 nitrogen and oxygen atoms in total. The number of benzene rings is 11. The van der Waals surface area contributed by atoms with Crippen LogP contribution in [-0.2, 0) is 0 Å². The lowest BCUT2D eigenvalue weighted by Crippen LogP contribution is -2.10. The van der Waals surface area contributed by atoms with E-state index in [4.69, 9.17) is 0 Å². The standard InChI is InChI=1S/C34H19F4N3.2C33H18F4N4/c35-30-29(21-18-25(20-10-2-1-3-11-20)40-26(19-21)24-14-8-9-17-39-24)31(36)33(38)34(32(30)37)41-27-15-6-4-12-22(27)23-13-5-7-16-28(23)41;34-29-28(19-17-24(22-11-5-7-15-38-22)40-25(18-19)23-12-6-8-16-39-23)30(35)32(37)33(31(29)36)41-26-13-3-1-9-20(26)21-10-2-4-14-27(21)41;34-28-27(24-18-23(22-14-8-9-17-38-22)39-33(40-24)19-10-2-1-3-11-19)29(35)31(37)32(30(28)36)41-25-15-6-4-12-20(25)21-13-5-7-16-26(21)41/h1-19H;2*1-18H. The van der Waals surface area contributed by atoms with E-state index in [9.17, 15) is 0 Å². The molecule has 0 atom stereocenters. The summed E-state index contributed by atoms with van der Waals surface area (Å²) in [5, 5.41) is 4.17. The zero-order valence-electron chi connectivity index (χ0n) is 63.7. The van der Waals surface area contributed by atoms with Crippen LogP contribution in [-0.4, -0.2) is 53.6 Å². The van der Waals surface area contributed by atoms with Crippen LogP contribution in [0.2, 0.25) is 0 Å². The van der Waals surface area contributed by atoms with Gasteiger partial charge in [-0.2, -0.15) is 0 Å². The van der Waals surface area contributed by atoms with Crippen molar-refractivity contribution in [3.8, 4) is 119 Å². The van der Waals surface area contributed by atoms with Crippen molar-refractivity contribution in [2.75, 3.05) is 0 Å². The topological polar surface area (TPSA) is 118 Å². The Kier molecular flexibility index (Phi) is 20.0. The van der Waals surface area contributed by atoms with Crippen LogP contribution < -0.4 is 0 Å². The van der Waals surface area contributed by atoms with Crippen LogP contribution in [0.3, 0.4) is 0 Å². The number of fused-ring (bicyclic) bond motifs is 9. The van der Waals surface area contributed by atoms with Crippen molar-refractivity contribution < 1.29 is 52.7 Å². The average molecular weight is 1640 g/mol. The van der Waals surface area contributed by atoms with Gasteiger partial charge in [0.25, 0.3) is 0 Å². The van der Waals surface area contributed by atoms with Gasteiger partial charge in [-0.25, -0.2) is 72.6 Å². The van der Waals surface area contributed by atoms with Crippen molar-refractivity contribution in [1.29, 1.82) is 0 Å². The molecule has 0 aliphatic carbocycles. The third kappa shape index (κ3) is 13.6. The Morgan fingerprint density at radius 3 is 0.699 bits per heavy atom. The maximum absolute atomic E-state index is 16.0. The molecule has 0 saturated heterocycles. The summed E-state index contributed by atoms with van der Waals surface area (Å²) in [6.45, 7) is 0. The molecule has 0 aliphatic heterocycles. The SMILES string of the molecule is Fc1c(F)c(-n2c3ccccc3c3ccccc32)c(F)c(F)c1-c1cc(-c2ccccc2)nc(-c2ccccn2)c1.Fc1c(F)c(-n2c3ccccc3c3ccccc32)c(F)c(F)c1-c1cc(-c2ccccn2)nc(-c2ccccc2)n1.Fc1c(F)c(-n2c3ccccc3c3ccccc32)c(F)c(F)c1-c1cc(-c2ccccn2)nc(-c2ccccn2)c1. The van der Waals surface area contributed by atoms with E-state index >= 15 is 52.7 Å². The second kappa shape index (κ2) is 32.0. The Labute approximate surface area is 690 Å². The quantitative estimate of drug-likeness (QED) is 0.0877. The highest BCUT2D eigenvalue weighted by Gasteiger charge is 2.35. The number of hydrogen-bond donors (Lipinski definition) is 0. The minimum absolute atomic E-state index is 0.0684. The van der Waals surface area contributed by atoms with Crippen LogP contribution in [0.5, 0.6) is 0 Å². The molecule has 0 fully saturated rings. The number of rotatable bonds is 12. The second-order valence-electron chi connectivity index (χ2n) is 28.4. The average Bonchev–Trinajstić information content (AvgIpc) is 1.62. The molecule has 0 N–H and O–H groups in total. The molecule has 0 aliphatic rings. The van der Waals surface area contributed by atoms with Crippen molar-refractivity contribution in [1.82, 2.24) is 53.6 Å². The van der Waals surface area contributed by atoms with E-state index in [2.05, 4.69) is 39.9 Å². The molecule has 0 saturated carbocycles. The van der Waals surface area contributed by atoms with Crippen LogP contribution in [0, 0.1) is 69.8 Å². The summed E-state index contributed by atoms with van der Waals surface area (Å²) in [5.74, 6) is -18.2. The molecule has 0 amide bonds. The molecule has 594 valence electrons. The van der Waals surface area contributed by atoms with Crippen LogP contribution in [0.1, 0.15) is 0 Å². The first-order valence-corrected chi connectivity index (χ1v) is 38.3. The minimum atomic E-state index is -1.56. The molecule has 23 heteroatoms. The summed E-state index contributed by atoms with van der Waals surface area (Å²) in [4.78, 5) is 35.2. The van der Waals surface area contributed by atoms with Crippen LogP contribution in [0.25, 0.3) is 184 Å². The maximum atomic E-state index is 16.0. The molecule has 21 rings (SSSR count). The Hall–Kier alpha value is -16.0. The first-order chi connectivity index (χ1) is 60.1. The highest BCUT2D eigenvalue weighted by atomic mass is 19.2. The summed E-state index contributed by atoms with van der Waals surface area (Å²) in [7, 11) is 0. The lowest BCUT2D eigenvalue weighted by molar-refractivity contribution is 0.453. The van der Waals surface area contributed by atoms with Crippen molar-refractivity contribution in [2.24, 2.45) is 0 Å². The van der Waals surface area contributed by atoms with Gasteiger partial charge in [0.2, 0.25) is 0 Å². The number of halogens is 12. The number of hydrogen-bond acceptors (Lipinski definition) is 8. The fraction of sp³-hybridized carbons (Fsp3) is 0. The van der Waals surface area contributed by atoms with Gasteiger partial charge in [-0.15, -0.1) is 0 Å². The van der Waals surface area contributed by atoms with Crippen LogP contribution in [0.15, 0.2) is 334 Å². The zero-order valence-corrected chi connectivity index (χ0v) is 63.7. The minimum Gasteiger partial charge on any atom is -0.304 e. The van der Waals surface area contributed by atoms with E-state index in [0.717, 1.165) is 0 Å². The molecule has 0 unspecified atom stereocenters. The van der Waals surface area contributed by atoms with Gasteiger partial charge >= 0.3 is 0 Å². The van der Waals surface area contributed by atoms with E-state index in [-0.39, 0.29) is 39.7 Å². The first kappa shape index (κ1) is 76.9. The maximum Gasteiger partial charge on any atom is 0.186 e. The van der Waals surface area contributed by atoms with Gasteiger partial charge in [-0.1, -0.05) is 194 Å². The molecule has 10 aromatic heterocycles. The Morgan fingerprint density at radius 1 is 0.171 bits per heavy atom. The molecular weight excluding hydrogens is 1580 g/mol. The number of aromatic nitrogens is 11. The van der Waals surface area contributed by atoms with E-state index in [1.165, 1.54) is 44.0 Å². The van der Waals surface area contributed by atoms with Gasteiger partial charge in [0.05, 0.1) is 107 Å². The molecule has 11 aromatic carbocycles. The highest BCUT2D eigenvalue weighted by molar-refractivity contribution is 6.11. The number of pyridine rings is 6. The van der Waals surface area contributed by atoms with Gasteiger partial charge in [-0.3, -0.25) is 19.9 Å². The van der Waals surface area contributed by atoms with E-state index < -0.39 is 104 Å². The van der Waals surface area contributed by atoms with Crippen molar-refractivity contribution in [3.63, 3.8) is 0 Å². The lowest BCUT2D eigenvalue weighted by atomic mass is 9.99. The highest BCUT2D eigenvalue weighted by Crippen LogP contribution is 2.45. The molecular formula is C100H55F12N11. The molecule has 10 heterocycles. The van der Waals surface area contributed by atoms with Crippen LogP contribution in [0.4, 0.5) is 52.7 Å². The van der Waals surface area contributed by atoms with E-state index in [1.807, 2.05) is 6.07 Å².